The van der Waals surface area contributed by atoms with E-state index in [-0.39, 0.29) is 36.7 Å². The third-order valence-corrected chi connectivity index (χ3v) is 5.04. The number of likely N-dealkylation sites (N-methyl/N-ethyl adjacent to an activating group) is 1. The summed E-state index contributed by atoms with van der Waals surface area (Å²) < 4.78 is 67.8. The molecule has 14 heteroatoms. The summed E-state index contributed by atoms with van der Waals surface area (Å²) in [6.07, 6.45) is -3.49. The maximum atomic E-state index is 13.8. The molecule has 33 heavy (non-hydrogen) atoms. The van der Waals surface area contributed by atoms with Crippen molar-refractivity contribution < 1.29 is 31.5 Å². The minimum Gasteiger partial charge on any atom is -0.337 e. The minimum atomic E-state index is -4.65. The molecule has 1 unspecified atom stereocenters. The van der Waals surface area contributed by atoms with E-state index in [1.54, 1.807) is 0 Å². The van der Waals surface area contributed by atoms with Crippen LogP contribution < -0.4 is 10.2 Å². The van der Waals surface area contributed by atoms with Crippen LogP contribution in [0.4, 0.5) is 27.8 Å². The van der Waals surface area contributed by atoms with E-state index in [9.17, 15) is 31.5 Å². The Morgan fingerprint density at radius 3 is 2.67 bits per heavy atom. The number of aryl methyl sites for hydroxylation is 1. The number of hydrogen-bond acceptors (Lipinski definition) is 5. The van der Waals surface area contributed by atoms with E-state index in [0.29, 0.717) is 0 Å². The van der Waals surface area contributed by atoms with Crippen molar-refractivity contribution in [2.75, 3.05) is 11.9 Å². The maximum absolute atomic E-state index is 13.8. The van der Waals surface area contributed by atoms with Gasteiger partial charge in [-0.2, -0.15) is 18.3 Å². The normalized spacial score (nSPS) is 16.5. The highest BCUT2D eigenvalue weighted by atomic mass is 19.4. The summed E-state index contributed by atoms with van der Waals surface area (Å²) in [4.78, 5) is 30.1. The molecule has 0 spiro atoms. The van der Waals surface area contributed by atoms with Crippen molar-refractivity contribution in [2.24, 2.45) is 0 Å². The van der Waals surface area contributed by atoms with Crippen molar-refractivity contribution in [3.8, 4) is 0 Å². The van der Waals surface area contributed by atoms with Crippen LogP contribution in [0.1, 0.15) is 28.3 Å². The smallest absolute Gasteiger partial charge is 0.337 e. The zero-order chi connectivity index (χ0) is 23.9. The Kier molecular flexibility index (Phi) is 5.59. The molecule has 4 rings (SSSR count). The standard InChI is InChI=1S/C19H16F5N7O2/c1-29-15-7-14(19(22,23)24)27-31(15)5-4-13(18(29)33)26-17(32)16-25-9-30(28-16)8-10-2-3-11(20)6-12(10)21/h2-3,6-7,9,13H,4-5,8H2,1H3,(H,26,32). The molecular formula is C19H16F5N7O2. The van der Waals surface area contributed by atoms with Gasteiger partial charge in [-0.15, -0.1) is 5.10 Å². The molecule has 3 heterocycles. The number of benzene rings is 1. The summed E-state index contributed by atoms with van der Waals surface area (Å²) in [5, 5.41) is 9.90. The van der Waals surface area contributed by atoms with Crippen LogP contribution in [0.15, 0.2) is 30.6 Å². The molecule has 1 aromatic carbocycles. The summed E-state index contributed by atoms with van der Waals surface area (Å²) in [7, 11) is 1.28. The summed E-state index contributed by atoms with van der Waals surface area (Å²) in [6.45, 7) is -0.154. The van der Waals surface area contributed by atoms with Gasteiger partial charge in [-0.1, -0.05) is 6.07 Å². The van der Waals surface area contributed by atoms with E-state index >= 15 is 0 Å². The van der Waals surface area contributed by atoms with Crippen molar-refractivity contribution in [1.82, 2.24) is 29.9 Å². The number of anilines is 1. The van der Waals surface area contributed by atoms with Crippen LogP contribution >= 0.6 is 0 Å². The molecule has 9 nitrogen and oxygen atoms in total. The van der Waals surface area contributed by atoms with Crippen molar-refractivity contribution in [2.45, 2.75) is 31.7 Å². The molecule has 3 aromatic rings. The largest absolute Gasteiger partial charge is 0.435 e. The lowest BCUT2D eigenvalue weighted by Crippen LogP contribution is -2.47. The van der Waals surface area contributed by atoms with Crippen LogP contribution in [0, 0.1) is 11.6 Å². The number of carbonyl (C=O) groups is 2. The van der Waals surface area contributed by atoms with Crippen LogP contribution in [-0.4, -0.2) is 49.4 Å². The highest BCUT2D eigenvalue weighted by molar-refractivity contribution is 6.00. The van der Waals surface area contributed by atoms with Gasteiger partial charge in [0.2, 0.25) is 5.82 Å². The van der Waals surface area contributed by atoms with Gasteiger partial charge in [-0.05, 0) is 12.5 Å². The van der Waals surface area contributed by atoms with Gasteiger partial charge < -0.3 is 5.32 Å². The molecule has 174 valence electrons. The Balaban J connectivity index is 1.44. The molecule has 1 atom stereocenters. The molecule has 1 aliphatic heterocycles. The second kappa shape index (κ2) is 8.26. The maximum Gasteiger partial charge on any atom is 0.435 e. The SMILES string of the molecule is CN1C(=O)C(NC(=O)c2ncn(Cc3ccc(F)cc3F)n2)CCn2nc(C(F)(F)F)cc21. The molecule has 1 aliphatic rings. The van der Waals surface area contributed by atoms with Crippen molar-refractivity contribution in [1.29, 1.82) is 0 Å². The van der Waals surface area contributed by atoms with E-state index in [4.69, 9.17) is 0 Å². The minimum absolute atomic E-state index is 0.0115. The lowest BCUT2D eigenvalue weighted by atomic mass is 10.2. The average molecular weight is 469 g/mol. The van der Waals surface area contributed by atoms with E-state index in [2.05, 4.69) is 20.5 Å². The second-order valence-corrected chi connectivity index (χ2v) is 7.32. The number of fused-ring (bicyclic) bond motifs is 1. The van der Waals surface area contributed by atoms with E-state index < -0.39 is 41.4 Å². The molecular weight excluding hydrogens is 453 g/mol. The van der Waals surface area contributed by atoms with E-state index in [1.165, 1.54) is 24.1 Å². The molecule has 2 aromatic heterocycles. The average Bonchev–Trinajstić information content (AvgIpc) is 3.37. The number of amides is 2. The Morgan fingerprint density at radius 1 is 1.21 bits per heavy atom. The third-order valence-electron chi connectivity index (χ3n) is 5.04. The Labute approximate surface area is 182 Å². The molecule has 0 aliphatic carbocycles. The predicted octanol–water partition coefficient (Wildman–Crippen LogP) is 1.98. The molecule has 1 N–H and O–H groups in total. The Morgan fingerprint density at radius 2 is 1.97 bits per heavy atom. The quantitative estimate of drug-likeness (QED) is 0.590. The van der Waals surface area contributed by atoms with Crippen LogP contribution in [-0.2, 0) is 24.1 Å². The van der Waals surface area contributed by atoms with Gasteiger partial charge in [0.25, 0.3) is 11.8 Å². The van der Waals surface area contributed by atoms with Crippen LogP contribution in [0.5, 0.6) is 0 Å². The number of aromatic nitrogens is 5. The van der Waals surface area contributed by atoms with E-state index in [0.717, 1.165) is 27.8 Å². The van der Waals surface area contributed by atoms with Crippen LogP contribution in [0.2, 0.25) is 0 Å². The van der Waals surface area contributed by atoms with Crippen LogP contribution in [0.3, 0.4) is 0 Å². The summed E-state index contributed by atoms with van der Waals surface area (Å²) in [5.74, 6) is -3.29. The molecule has 2 amide bonds. The fourth-order valence-corrected chi connectivity index (χ4v) is 3.36. The molecule has 0 bridgehead atoms. The fraction of sp³-hybridized carbons (Fsp3) is 0.316. The zero-order valence-corrected chi connectivity index (χ0v) is 17.0. The molecule has 0 radical (unpaired) electrons. The lowest BCUT2D eigenvalue weighted by Gasteiger charge is -2.19. The zero-order valence-electron chi connectivity index (χ0n) is 17.0. The fourth-order valence-electron chi connectivity index (χ4n) is 3.36. The number of hydrogen-bond donors (Lipinski definition) is 1. The first-order chi connectivity index (χ1) is 15.5. The molecule has 0 saturated heterocycles. The third kappa shape index (κ3) is 4.54. The Bertz CT molecular complexity index is 1220. The van der Waals surface area contributed by atoms with Gasteiger partial charge in [-0.25, -0.2) is 23.1 Å². The number of rotatable bonds is 4. The summed E-state index contributed by atoms with van der Waals surface area (Å²) in [5.41, 5.74) is -0.992. The number of nitrogens with zero attached hydrogens (tertiary/aromatic N) is 6. The second-order valence-electron chi connectivity index (χ2n) is 7.32. The van der Waals surface area contributed by atoms with Crippen molar-refractivity contribution in [3.05, 3.63) is 59.3 Å². The van der Waals surface area contributed by atoms with Crippen molar-refractivity contribution >= 4 is 17.6 Å². The number of nitrogens with one attached hydrogen (secondary N) is 1. The first-order valence-corrected chi connectivity index (χ1v) is 9.60. The first kappa shape index (κ1) is 22.4. The highest BCUT2D eigenvalue weighted by Gasteiger charge is 2.38. The lowest BCUT2D eigenvalue weighted by molar-refractivity contribution is -0.141. The highest BCUT2D eigenvalue weighted by Crippen LogP contribution is 2.32. The topological polar surface area (TPSA) is 97.9 Å². The Hall–Kier alpha value is -3.84. The van der Waals surface area contributed by atoms with Gasteiger partial charge in [0.15, 0.2) is 5.69 Å². The monoisotopic (exact) mass is 469 g/mol. The number of alkyl halides is 3. The molecule has 0 fully saturated rings. The summed E-state index contributed by atoms with van der Waals surface area (Å²) in [6, 6.07) is 2.75. The number of carbonyl (C=O) groups excluding carboxylic acids is 2. The number of halogens is 5. The van der Waals surface area contributed by atoms with Gasteiger partial charge in [0.05, 0.1) is 6.54 Å². The van der Waals surface area contributed by atoms with Crippen LogP contribution in [0.25, 0.3) is 0 Å². The summed E-state index contributed by atoms with van der Waals surface area (Å²) >= 11 is 0. The van der Waals surface area contributed by atoms with Gasteiger partial charge in [0, 0.05) is 31.3 Å². The predicted molar refractivity (Wildman–Crippen MR) is 102 cm³/mol. The van der Waals surface area contributed by atoms with Crippen molar-refractivity contribution in [3.63, 3.8) is 0 Å². The van der Waals surface area contributed by atoms with Gasteiger partial charge in [-0.3, -0.25) is 14.5 Å². The van der Waals surface area contributed by atoms with Gasteiger partial charge >= 0.3 is 6.18 Å². The van der Waals surface area contributed by atoms with E-state index in [1.807, 2.05) is 0 Å². The molecule has 0 saturated carbocycles. The first-order valence-electron chi connectivity index (χ1n) is 9.60. The van der Waals surface area contributed by atoms with Gasteiger partial charge in [0.1, 0.15) is 29.8 Å².